The highest BCUT2D eigenvalue weighted by atomic mass is 31.3. The van der Waals surface area contributed by atoms with Gasteiger partial charge in [0.25, 0.3) is 0 Å². The predicted octanol–water partition coefficient (Wildman–Crippen LogP) is -1.27. The van der Waals surface area contributed by atoms with Crippen LogP contribution in [0.1, 0.15) is 13.2 Å². The highest BCUT2D eigenvalue weighted by molar-refractivity contribution is 7.66. The Balaban J connectivity index is 1.74. The molecule has 1 fully saturated rings. The lowest BCUT2D eigenvalue weighted by molar-refractivity contribution is -0.0447. The van der Waals surface area contributed by atoms with Crippen LogP contribution in [0.2, 0.25) is 0 Å². The summed E-state index contributed by atoms with van der Waals surface area (Å²) in [5.74, 6) is 0.0789. The van der Waals surface area contributed by atoms with E-state index in [9.17, 15) is 28.6 Å². The molecule has 2 aromatic heterocycles. The van der Waals surface area contributed by atoms with Crippen LogP contribution in [0.4, 0.5) is 5.82 Å². The number of phosphoric ester groups is 1. The zero-order valence-corrected chi connectivity index (χ0v) is 18.7. The second-order valence-electron chi connectivity index (χ2n) is 6.81. The molecule has 3 heterocycles. The zero-order valence-electron chi connectivity index (χ0n) is 16.0. The molecule has 1 aliphatic rings. The first-order chi connectivity index (χ1) is 14.5. The molecule has 0 aliphatic carbocycles. The summed E-state index contributed by atoms with van der Waals surface area (Å²) in [6, 6.07) is 0. The lowest BCUT2D eigenvalue weighted by Gasteiger charge is -2.28. The van der Waals surface area contributed by atoms with E-state index < -0.39 is 54.0 Å². The minimum absolute atomic E-state index is 0.0789. The van der Waals surface area contributed by atoms with Crippen molar-refractivity contribution in [2.45, 2.75) is 30.9 Å². The molecule has 1 saturated heterocycles. The van der Waals surface area contributed by atoms with Gasteiger partial charge in [0.1, 0.15) is 24.1 Å². The van der Waals surface area contributed by atoms with Gasteiger partial charge in [0, 0.05) is 0 Å². The number of fused-ring (bicyclic) bond motifs is 1. The van der Waals surface area contributed by atoms with Crippen LogP contribution < -0.4 is 11.5 Å². The van der Waals surface area contributed by atoms with Gasteiger partial charge >= 0.3 is 23.5 Å². The minimum Gasteiger partial charge on any atom is -0.388 e. The summed E-state index contributed by atoms with van der Waals surface area (Å²) < 4.78 is 52.7. The van der Waals surface area contributed by atoms with Gasteiger partial charge in [-0.25, -0.2) is 28.6 Å². The normalized spacial score (nSPS) is 30.3. The minimum atomic E-state index is -5.69. The summed E-state index contributed by atoms with van der Waals surface area (Å²) in [6.45, 7) is 0.515. The van der Waals surface area contributed by atoms with Crippen molar-refractivity contribution in [3.63, 3.8) is 0 Å². The highest BCUT2D eigenvalue weighted by Crippen LogP contribution is 2.66. The summed E-state index contributed by atoms with van der Waals surface area (Å²) in [6.07, 6.45) is -1.54. The Hall–Kier alpha value is -1.36. The monoisotopic (exact) mass is 520 g/mol. The van der Waals surface area contributed by atoms with Crippen LogP contribution in [0, 0.1) is 0 Å². The number of rotatable bonds is 8. The first-order valence-corrected chi connectivity index (χ1v) is 12.9. The van der Waals surface area contributed by atoms with Crippen molar-refractivity contribution in [3.05, 3.63) is 12.7 Å². The molecule has 3 rings (SSSR count). The van der Waals surface area contributed by atoms with Crippen LogP contribution in [0.15, 0.2) is 12.7 Å². The summed E-state index contributed by atoms with van der Waals surface area (Å²) in [5.41, 5.74) is 10.9. The second kappa shape index (κ2) is 8.45. The topological polar surface area (TPSA) is 285 Å². The Kier molecular flexibility index (Phi) is 6.67. The molecule has 180 valence electrons. The Bertz CT molecular complexity index is 1150. The molecular weight excluding hydrogens is 501 g/mol. The van der Waals surface area contributed by atoms with Gasteiger partial charge in [-0.2, -0.15) is 8.62 Å². The van der Waals surface area contributed by atoms with Crippen LogP contribution in [0.25, 0.3) is 11.2 Å². The third-order valence-electron chi connectivity index (χ3n) is 4.28. The van der Waals surface area contributed by atoms with Gasteiger partial charge < -0.3 is 40.9 Å². The molecule has 18 nitrogen and oxygen atoms in total. The smallest absolute Gasteiger partial charge is 0.388 e. The van der Waals surface area contributed by atoms with Crippen molar-refractivity contribution in [2.75, 3.05) is 12.3 Å². The van der Waals surface area contributed by atoms with Crippen LogP contribution in [0.5, 0.6) is 0 Å². The van der Waals surface area contributed by atoms with Crippen molar-refractivity contribution < 1.29 is 56.3 Å². The number of hydrogen-bond donors (Lipinski definition) is 7. The number of nitrogens with two attached hydrogens (primary N) is 2. The molecule has 2 unspecified atom stereocenters. The van der Waals surface area contributed by atoms with Crippen LogP contribution in [0.3, 0.4) is 0 Å². The first kappa shape index (κ1) is 25.3. The van der Waals surface area contributed by atoms with Crippen molar-refractivity contribution in [3.8, 4) is 0 Å². The van der Waals surface area contributed by atoms with Gasteiger partial charge in [0.2, 0.25) is 0 Å². The largest absolute Gasteiger partial charge is 0.490 e. The Morgan fingerprint density at radius 2 is 1.81 bits per heavy atom. The first-order valence-electron chi connectivity index (χ1n) is 8.36. The number of anilines is 1. The van der Waals surface area contributed by atoms with E-state index in [0.717, 1.165) is 0 Å². The van der Waals surface area contributed by atoms with E-state index in [4.69, 9.17) is 26.0 Å². The van der Waals surface area contributed by atoms with Gasteiger partial charge in [-0.1, -0.05) is 0 Å². The van der Waals surface area contributed by atoms with Crippen LogP contribution in [-0.2, 0) is 31.6 Å². The molecule has 0 spiro atoms. The number of aliphatic hydroxyl groups excluding tert-OH is 1. The summed E-state index contributed by atoms with van der Waals surface area (Å²) in [5, 5.41) is 10.5. The molecular formula is C11H19N6O12P3. The number of phosphoric acid groups is 3. The molecule has 32 heavy (non-hydrogen) atoms. The second-order valence-corrected chi connectivity index (χ2v) is 11.2. The Morgan fingerprint density at radius 1 is 1.16 bits per heavy atom. The lowest BCUT2D eigenvalue weighted by Crippen LogP contribution is -2.52. The standard InChI is InChI=1S/C11H19N6O12P3/c1-11(13)7(18)5(2-26-31(22,23)29-32(24,25)28-30(19,20)21)27-10(11)17-4-16-6-8(12)14-3-15-9(6)17/h3-5,7,10,18H,2,13H2,1H3,(H,22,23)(H,24,25)(H2,12,14,15)(H2,19,20,21)/t5-,7-,10-,11-/m1/s1. The van der Waals surface area contributed by atoms with E-state index in [2.05, 4.69) is 28.1 Å². The number of ether oxygens (including phenoxy) is 1. The summed E-state index contributed by atoms with van der Waals surface area (Å²) >= 11 is 0. The molecule has 6 atom stereocenters. The van der Waals surface area contributed by atoms with Gasteiger partial charge in [0.15, 0.2) is 17.7 Å². The highest BCUT2D eigenvalue weighted by Gasteiger charge is 2.53. The number of nitrogens with zero attached hydrogens (tertiary/aromatic N) is 4. The number of aromatic nitrogens is 4. The maximum atomic E-state index is 11.9. The average molecular weight is 520 g/mol. The van der Waals surface area contributed by atoms with Crippen molar-refractivity contribution >= 4 is 40.4 Å². The molecule has 21 heteroatoms. The van der Waals surface area contributed by atoms with E-state index in [-0.39, 0.29) is 17.0 Å². The van der Waals surface area contributed by atoms with E-state index in [1.165, 1.54) is 24.1 Å². The fourth-order valence-corrected chi connectivity index (χ4v) is 5.97. The number of imidazole rings is 1. The third kappa shape index (κ3) is 5.40. The molecule has 0 aromatic carbocycles. The molecule has 0 radical (unpaired) electrons. The maximum Gasteiger partial charge on any atom is 0.490 e. The molecule has 1 aliphatic heterocycles. The van der Waals surface area contributed by atoms with Crippen molar-refractivity contribution in [1.82, 2.24) is 19.5 Å². The van der Waals surface area contributed by atoms with Gasteiger partial charge in [-0.3, -0.25) is 9.09 Å². The predicted molar refractivity (Wildman–Crippen MR) is 102 cm³/mol. The van der Waals surface area contributed by atoms with Gasteiger partial charge in [-0.15, -0.1) is 0 Å². The van der Waals surface area contributed by atoms with Crippen LogP contribution >= 0.6 is 23.5 Å². The fourth-order valence-electron chi connectivity index (χ4n) is 2.94. The number of hydrogen-bond acceptors (Lipinski definition) is 13. The van der Waals surface area contributed by atoms with Crippen LogP contribution in [-0.4, -0.2) is 68.6 Å². The molecule has 0 bridgehead atoms. The third-order valence-corrected chi connectivity index (χ3v) is 8.09. The summed E-state index contributed by atoms with van der Waals surface area (Å²) in [7, 11) is -16.6. The van der Waals surface area contributed by atoms with E-state index in [1.54, 1.807) is 0 Å². The molecule has 0 saturated carbocycles. The van der Waals surface area contributed by atoms with E-state index in [1.807, 2.05) is 0 Å². The molecule has 9 N–H and O–H groups in total. The van der Waals surface area contributed by atoms with Crippen molar-refractivity contribution in [1.29, 1.82) is 0 Å². The summed E-state index contributed by atoms with van der Waals surface area (Å²) in [4.78, 5) is 47.7. The quantitative estimate of drug-likeness (QED) is 0.200. The Labute approximate surface area is 178 Å². The molecule has 0 amide bonds. The Morgan fingerprint density at radius 3 is 2.44 bits per heavy atom. The zero-order chi connectivity index (χ0) is 24.1. The van der Waals surface area contributed by atoms with E-state index >= 15 is 0 Å². The van der Waals surface area contributed by atoms with Gasteiger partial charge in [0.05, 0.1) is 18.5 Å². The van der Waals surface area contributed by atoms with Gasteiger partial charge in [-0.05, 0) is 6.92 Å². The lowest BCUT2D eigenvalue weighted by atomic mass is 9.93. The fraction of sp³-hybridized carbons (Fsp3) is 0.545. The van der Waals surface area contributed by atoms with E-state index in [0.29, 0.717) is 0 Å². The maximum absolute atomic E-state index is 11.9. The average Bonchev–Trinajstić information content (AvgIpc) is 3.11. The number of nitrogen functional groups attached to an aromatic ring is 1. The van der Waals surface area contributed by atoms with Crippen molar-refractivity contribution in [2.24, 2.45) is 5.73 Å². The molecule has 2 aromatic rings. The number of aliphatic hydroxyl groups is 1. The SMILES string of the molecule is C[C@@]1(N)[C@H](O)[C@@H](COP(=O)(O)OP(=O)(O)OP(=O)(O)O)O[C@H]1n1cnc2c(N)ncnc21.